The Labute approximate surface area is 136 Å². The number of pyridine rings is 1. The first-order valence-electron chi connectivity index (χ1n) is 8.38. The quantitative estimate of drug-likeness (QED) is 0.872. The van der Waals surface area contributed by atoms with E-state index < -0.39 is 0 Å². The molecule has 5 heteroatoms. The van der Waals surface area contributed by atoms with Gasteiger partial charge in [0.25, 0.3) is 0 Å². The zero-order chi connectivity index (χ0) is 14.9. The molecule has 0 aromatic carbocycles. The highest BCUT2D eigenvalue weighted by Crippen LogP contribution is 2.31. The molecule has 0 radical (unpaired) electrons. The molecule has 4 heterocycles. The van der Waals surface area contributed by atoms with E-state index in [1.54, 1.807) is 0 Å². The zero-order valence-electron chi connectivity index (χ0n) is 13.2. The minimum absolute atomic E-state index is 0.565. The Balaban J connectivity index is 1.69. The van der Waals surface area contributed by atoms with Gasteiger partial charge in [0.2, 0.25) is 0 Å². The summed E-state index contributed by atoms with van der Waals surface area (Å²) in [4.78, 5) is 12.0. The second-order valence-electron chi connectivity index (χ2n) is 6.76. The first-order valence-corrected chi connectivity index (χ1v) is 9.54. The maximum Gasteiger partial charge on any atom is 0.160 e. The zero-order valence-corrected chi connectivity index (χ0v) is 14.1. The summed E-state index contributed by atoms with van der Waals surface area (Å²) in [5.74, 6) is 5.23. The third-order valence-corrected chi connectivity index (χ3v) is 6.27. The van der Waals surface area contributed by atoms with E-state index >= 15 is 0 Å². The number of hydrogen-bond acceptors (Lipinski definition) is 4. The van der Waals surface area contributed by atoms with Gasteiger partial charge in [-0.15, -0.1) is 0 Å². The van der Waals surface area contributed by atoms with Crippen LogP contribution in [0, 0.1) is 5.92 Å². The average molecular weight is 316 g/mol. The van der Waals surface area contributed by atoms with E-state index in [2.05, 4.69) is 39.3 Å². The van der Waals surface area contributed by atoms with Crippen molar-refractivity contribution < 1.29 is 0 Å². The molecule has 0 aliphatic carbocycles. The summed E-state index contributed by atoms with van der Waals surface area (Å²) >= 11 is 2.11. The summed E-state index contributed by atoms with van der Waals surface area (Å²) in [6.07, 6.45) is 5.83. The third kappa shape index (κ3) is 2.76. The van der Waals surface area contributed by atoms with E-state index in [9.17, 15) is 0 Å². The molecule has 0 spiro atoms. The second kappa shape index (κ2) is 6.20. The Hall–Kier alpha value is -1.07. The largest absolute Gasteiger partial charge is 0.312 e. The van der Waals surface area contributed by atoms with Gasteiger partial charge < -0.3 is 9.47 Å². The number of hydrogen-bond donors (Lipinski definition) is 0. The fraction of sp³-hybridized carbons (Fsp3) is 0.647. The highest BCUT2D eigenvalue weighted by atomic mass is 32.2. The van der Waals surface area contributed by atoms with Crippen molar-refractivity contribution >= 4 is 22.9 Å². The van der Waals surface area contributed by atoms with Crippen molar-refractivity contribution in [2.45, 2.75) is 31.7 Å². The molecule has 2 saturated heterocycles. The predicted octanol–water partition coefficient (Wildman–Crippen LogP) is 2.99. The van der Waals surface area contributed by atoms with Crippen molar-refractivity contribution in [1.29, 1.82) is 0 Å². The van der Waals surface area contributed by atoms with Gasteiger partial charge in [-0.2, -0.15) is 11.8 Å². The molecular formula is C17H24N4S. The molecule has 2 fully saturated rings. The molecule has 4 nitrogen and oxygen atoms in total. The molecule has 2 unspecified atom stereocenters. The van der Waals surface area contributed by atoms with Crippen molar-refractivity contribution in [3.63, 3.8) is 0 Å². The van der Waals surface area contributed by atoms with Crippen LogP contribution in [0.2, 0.25) is 0 Å². The Morgan fingerprint density at radius 3 is 3.09 bits per heavy atom. The van der Waals surface area contributed by atoms with Crippen molar-refractivity contribution in [3.05, 3.63) is 24.2 Å². The van der Waals surface area contributed by atoms with Crippen LogP contribution < -0.4 is 0 Å². The smallest absolute Gasteiger partial charge is 0.160 e. The standard InChI is InChI=1S/C17H24N4S/c1-20-8-6-14(11-20)16-19-15-5-2-7-18-17(15)21(16)10-13-4-3-9-22-12-13/h2,5,7,13-14H,3-4,6,8-12H2,1H3. The molecule has 2 atom stereocenters. The van der Waals surface area contributed by atoms with E-state index in [0.717, 1.165) is 30.2 Å². The molecule has 0 N–H and O–H groups in total. The van der Waals surface area contributed by atoms with Gasteiger partial charge in [-0.05, 0) is 62.4 Å². The number of imidazole rings is 1. The number of rotatable bonds is 3. The SMILES string of the molecule is CN1CCC(c2nc3cccnc3n2CC2CCCSC2)C1. The van der Waals surface area contributed by atoms with Gasteiger partial charge in [0, 0.05) is 25.2 Å². The first-order chi connectivity index (χ1) is 10.8. The monoisotopic (exact) mass is 316 g/mol. The van der Waals surface area contributed by atoms with E-state index in [4.69, 9.17) is 4.98 Å². The maximum absolute atomic E-state index is 4.96. The maximum atomic E-state index is 4.96. The fourth-order valence-corrected chi connectivity index (χ4v) is 4.97. The number of thioether (sulfide) groups is 1. The Morgan fingerprint density at radius 1 is 1.36 bits per heavy atom. The van der Waals surface area contributed by atoms with Crippen LogP contribution in [0.1, 0.15) is 31.0 Å². The van der Waals surface area contributed by atoms with Crippen LogP contribution in [0.3, 0.4) is 0 Å². The van der Waals surface area contributed by atoms with Gasteiger partial charge in [0.05, 0.1) is 0 Å². The minimum atomic E-state index is 0.565. The van der Waals surface area contributed by atoms with Gasteiger partial charge >= 0.3 is 0 Å². The third-order valence-electron chi connectivity index (χ3n) is 4.99. The number of likely N-dealkylation sites (tertiary alicyclic amines) is 1. The lowest BCUT2D eigenvalue weighted by atomic mass is 10.0. The number of likely N-dealkylation sites (N-methyl/N-ethyl adjacent to an activating group) is 1. The van der Waals surface area contributed by atoms with E-state index in [1.165, 1.54) is 43.1 Å². The van der Waals surface area contributed by atoms with Crippen molar-refractivity contribution in [2.24, 2.45) is 5.92 Å². The van der Waals surface area contributed by atoms with E-state index in [-0.39, 0.29) is 0 Å². The molecule has 4 rings (SSSR count). The summed E-state index contributed by atoms with van der Waals surface area (Å²) < 4.78 is 2.44. The summed E-state index contributed by atoms with van der Waals surface area (Å²) in [6.45, 7) is 3.40. The molecule has 22 heavy (non-hydrogen) atoms. The topological polar surface area (TPSA) is 34.0 Å². The van der Waals surface area contributed by atoms with E-state index in [1.807, 2.05) is 12.3 Å². The van der Waals surface area contributed by atoms with Crippen LogP contribution in [-0.4, -0.2) is 51.1 Å². The van der Waals surface area contributed by atoms with Gasteiger partial charge in [-0.3, -0.25) is 0 Å². The fourth-order valence-electron chi connectivity index (χ4n) is 3.82. The highest BCUT2D eigenvalue weighted by molar-refractivity contribution is 7.99. The molecule has 118 valence electrons. The number of nitrogens with zero attached hydrogens (tertiary/aromatic N) is 4. The van der Waals surface area contributed by atoms with Crippen molar-refractivity contribution in [2.75, 3.05) is 31.6 Å². The van der Waals surface area contributed by atoms with Crippen molar-refractivity contribution in [1.82, 2.24) is 19.4 Å². The molecule has 2 aliphatic heterocycles. The lowest BCUT2D eigenvalue weighted by molar-refractivity contribution is 0.401. The molecule has 2 aliphatic rings. The highest BCUT2D eigenvalue weighted by Gasteiger charge is 2.28. The van der Waals surface area contributed by atoms with Gasteiger partial charge in [-0.1, -0.05) is 0 Å². The van der Waals surface area contributed by atoms with Crippen molar-refractivity contribution in [3.8, 4) is 0 Å². The van der Waals surface area contributed by atoms with Crippen LogP contribution in [0.5, 0.6) is 0 Å². The van der Waals surface area contributed by atoms with Gasteiger partial charge in [0.15, 0.2) is 5.65 Å². The average Bonchev–Trinajstić information content (AvgIpc) is 3.13. The Morgan fingerprint density at radius 2 is 2.32 bits per heavy atom. The van der Waals surface area contributed by atoms with E-state index in [0.29, 0.717) is 5.92 Å². The molecule has 2 aromatic heterocycles. The van der Waals surface area contributed by atoms with Gasteiger partial charge in [-0.25, -0.2) is 9.97 Å². The van der Waals surface area contributed by atoms with Crippen LogP contribution in [0.25, 0.3) is 11.2 Å². The predicted molar refractivity (Wildman–Crippen MR) is 92.4 cm³/mol. The normalized spacial score (nSPS) is 26.8. The lowest BCUT2D eigenvalue weighted by Gasteiger charge is -2.23. The van der Waals surface area contributed by atoms with Crippen LogP contribution in [0.15, 0.2) is 18.3 Å². The minimum Gasteiger partial charge on any atom is -0.312 e. The van der Waals surface area contributed by atoms with Crippen LogP contribution in [0.4, 0.5) is 0 Å². The lowest BCUT2D eigenvalue weighted by Crippen LogP contribution is -2.21. The number of fused-ring (bicyclic) bond motifs is 1. The Bertz CT molecular complexity index is 647. The molecular weight excluding hydrogens is 292 g/mol. The molecule has 2 aromatic rings. The molecule has 0 bridgehead atoms. The first kappa shape index (κ1) is 14.5. The van der Waals surface area contributed by atoms with Crippen LogP contribution in [-0.2, 0) is 6.54 Å². The Kier molecular flexibility index (Phi) is 4.09. The summed E-state index contributed by atoms with van der Waals surface area (Å²) in [5.41, 5.74) is 2.15. The molecule has 0 amide bonds. The summed E-state index contributed by atoms with van der Waals surface area (Å²) in [5, 5.41) is 0. The van der Waals surface area contributed by atoms with Crippen LogP contribution >= 0.6 is 11.8 Å². The summed E-state index contributed by atoms with van der Waals surface area (Å²) in [6, 6.07) is 4.11. The number of aromatic nitrogens is 3. The van der Waals surface area contributed by atoms with Gasteiger partial charge in [0.1, 0.15) is 11.3 Å². The second-order valence-corrected chi connectivity index (χ2v) is 7.91. The summed E-state index contributed by atoms with van der Waals surface area (Å²) in [7, 11) is 2.21. The molecule has 0 saturated carbocycles.